The molecule has 144 valence electrons. The lowest BCUT2D eigenvalue weighted by atomic mass is 10.2. The van der Waals surface area contributed by atoms with Crippen LogP contribution in [0.2, 0.25) is 5.02 Å². The average Bonchev–Trinajstić information content (AvgIpc) is 2.61. The van der Waals surface area contributed by atoms with Gasteiger partial charge in [0, 0.05) is 29.9 Å². The minimum absolute atomic E-state index is 0.0645. The second kappa shape index (κ2) is 10.2. The summed E-state index contributed by atoms with van der Waals surface area (Å²) < 4.78 is 5.30. The first-order chi connectivity index (χ1) is 12.9. The molecule has 2 aromatic carbocycles. The van der Waals surface area contributed by atoms with Crippen LogP contribution in [0.25, 0.3) is 0 Å². The van der Waals surface area contributed by atoms with E-state index in [1.807, 2.05) is 31.2 Å². The highest BCUT2D eigenvalue weighted by Crippen LogP contribution is 2.24. The van der Waals surface area contributed by atoms with Gasteiger partial charge in [-0.3, -0.25) is 9.59 Å². The molecule has 0 aromatic heterocycles. The second-order valence-corrected chi connectivity index (χ2v) is 7.54. The zero-order chi connectivity index (χ0) is 19.8. The number of halogens is 1. The predicted octanol–water partition coefficient (Wildman–Crippen LogP) is 3.99. The number of amides is 2. The molecule has 5 nitrogen and oxygen atoms in total. The van der Waals surface area contributed by atoms with Crippen LogP contribution in [-0.2, 0) is 16.1 Å². The van der Waals surface area contributed by atoms with Gasteiger partial charge in [-0.2, -0.15) is 0 Å². The van der Waals surface area contributed by atoms with E-state index in [1.165, 1.54) is 11.8 Å². The molecule has 0 unspecified atom stereocenters. The van der Waals surface area contributed by atoms with E-state index in [-0.39, 0.29) is 23.3 Å². The highest BCUT2D eigenvalue weighted by molar-refractivity contribution is 8.00. The van der Waals surface area contributed by atoms with Gasteiger partial charge >= 0.3 is 0 Å². The number of carbonyl (C=O) groups is 2. The number of thioether (sulfide) groups is 1. The maximum absolute atomic E-state index is 12.3. The molecule has 27 heavy (non-hydrogen) atoms. The summed E-state index contributed by atoms with van der Waals surface area (Å²) >= 11 is 7.31. The number of hydrogen-bond acceptors (Lipinski definition) is 4. The number of methoxy groups -OCH3 is 1. The lowest BCUT2D eigenvalue weighted by Gasteiger charge is -2.19. The van der Waals surface area contributed by atoms with Gasteiger partial charge in [-0.05, 0) is 42.8 Å². The Hall–Kier alpha value is -2.18. The molecule has 1 N–H and O–H groups in total. The molecule has 0 saturated heterocycles. The number of hydrogen-bond donors (Lipinski definition) is 1. The van der Waals surface area contributed by atoms with Crippen molar-refractivity contribution in [2.24, 2.45) is 0 Å². The van der Waals surface area contributed by atoms with Crippen molar-refractivity contribution >= 4 is 40.9 Å². The van der Waals surface area contributed by atoms with Crippen molar-refractivity contribution in [3.8, 4) is 5.75 Å². The highest BCUT2D eigenvalue weighted by Gasteiger charge is 2.13. The SMILES string of the molecule is COc1ccc(Cl)cc1CN(C)C(=O)CSCC(=O)Nc1cccc(C)c1. The van der Waals surface area contributed by atoms with Crippen LogP contribution >= 0.6 is 23.4 Å². The molecule has 0 heterocycles. The number of ether oxygens (including phenoxy) is 1. The third-order valence-corrected chi connectivity index (χ3v) is 4.99. The van der Waals surface area contributed by atoms with Gasteiger partial charge in [0.1, 0.15) is 5.75 Å². The smallest absolute Gasteiger partial charge is 0.234 e. The minimum Gasteiger partial charge on any atom is -0.496 e. The largest absolute Gasteiger partial charge is 0.496 e. The second-order valence-electron chi connectivity index (χ2n) is 6.12. The molecule has 0 fully saturated rings. The van der Waals surface area contributed by atoms with Crippen LogP contribution < -0.4 is 10.1 Å². The summed E-state index contributed by atoms with van der Waals surface area (Å²) in [5.41, 5.74) is 2.67. The molecule has 0 aliphatic heterocycles. The lowest BCUT2D eigenvalue weighted by molar-refractivity contribution is -0.127. The summed E-state index contributed by atoms with van der Waals surface area (Å²) in [6, 6.07) is 12.9. The zero-order valence-electron chi connectivity index (χ0n) is 15.6. The van der Waals surface area contributed by atoms with Gasteiger partial charge in [-0.15, -0.1) is 11.8 Å². The van der Waals surface area contributed by atoms with Crippen LogP contribution in [0.3, 0.4) is 0 Å². The molecular weight excluding hydrogens is 384 g/mol. The average molecular weight is 407 g/mol. The van der Waals surface area contributed by atoms with Crippen LogP contribution in [0.4, 0.5) is 5.69 Å². The standard InChI is InChI=1S/C20H23ClN2O3S/c1-14-5-4-6-17(9-14)22-19(24)12-27-13-20(25)23(2)11-15-10-16(21)7-8-18(15)26-3/h4-10H,11-13H2,1-3H3,(H,22,24). The van der Waals surface area contributed by atoms with E-state index >= 15 is 0 Å². The van der Waals surface area contributed by atoms with Gasteiger partial charge in [0.25, 0.3) is 0 Å². The molecule has 2 rings (SSSR count). The van der Waals surface area contributed by atoms with Crippen molar-refractivity contribution in [2.75, 3.05) is 31.0 Å². The van der Waals surface area contributed by atoms with E-state index in [1.54, 1.807) is 37.3 Å². The molecule has 0 aliphatic carbocycles. The summed E-state index contributed by atoms with van der Waals surface area (Å²) in [6.07, 6.45) is 0. The molecule has 0 radical (unpaired) electrons. The molecule has 0 aliphatic rings. The number of aryl methyl sites for hydroxylation is 1. The third kappa shape index (κ3) is 6.81. The van der Waals surface area contributed by atoms with Crippen molar-refractivity contribution in [1.82, 2.24) is 4.90 Å². The maximum atomic E-state index is 12.3. The first-order valence-electron chi connectivity index (χ1n) is 8.39. The molecule has 7 heteroatoms. The number of rotatable bonds is 8. The fraction of sp³-hybridized carbons (Fsp3) is 0.300. The fourth-order valence-electron chi connectivity index (χ4n) is 2.48. The Kier molecular flexibility index (Phi) is 8.00. The van der Waals surface area contributed by atoms with E-state index in [0.29, 0.717) is 17.3 Å². The molecule has 2 aromatic rings. The van der Waals surface area contributed by atoms with Gasteiger partial charge in [0.05, 0.1) is 18.6 Å². The Bertz CT molecular complexity index is 814. The summed E-state index contributed by atoms with van der Waals surface area (Å²) in [7, 11) is 3.30. The molecule has 2 amide bonds. The minimum atomic E-state index is -0.127. The van der Waals surface area contributed by atoms with Crippen molar-refractivity contribution in [3.63, 3.8) is 0 Å². The maximum Gasteiger partial charge on any atom is 0.234 e. The predicted molar refractivity (Wildman–Crippen MR) is 112 cm³/mol. The molecule has 0 spiro atoms. The molecule has 0 saturated carbocycles. The lowest BCUT2D eigenvalue weighted by Crippen LogP contribution is -2.28. The van der Waals surface area contributed by atoms with Crippen molar-refractivity contribution in [2.45, 2.75) is 13.5 Å². The van der Waals surface area contributed by atoms with E-state index in [4.69, 9.17) is 16.3 Å². The number of carbonyl (C=O) groups excluding carboxylic acids is 2. The Labute approximate surface area is 169 Å². The van der Waals surface area contributed by atoms with Crippen LogP contribution in [0.1, 0.15) is 11.1 Å². The highest BCUT2D eigenvalue weighted by atomic mass is 35.5. The van der Waals surface area contributed by atoms with Crippen LogP contribution in [0.5, 0.6) is 5.75 Å². The number of benzene rings is 2. The van der Waals surface area contributed by atoms with Gasteiger partial charge < -0.3 is 15.0 Å². The summed E-state index contributed by atoms with van der Waals surface area (Å²) in [5, 5.41) is 3.42. The van der Waals surface area contributed by atoms with Gasteiger partial charge in [-0.1, -0.05) is 23.7 Å². The Morgan fingerprint density at radius 1 is 1.19 bits per heavy atom. The third-order valence-electron chi connectivity index (χ3n) is 3.84. The normalized spacial score (nSPS) is 10.4. The summed E-state index contributed by atoms with van der Waals surface area (Å²) in [4.78, 5) is 25.9. The Balaban J connectivity index is 1.79. The number of nitrogens with zero attached hydrogens (tertiary/aromatic N) is 1. The zero-order valence-corrected chi connectivity index (χ0v) is 17.2. The van der Waals surface area contributed by atoms with Gasteiger partial charge in [0.2, 0.25) is 11.8 Å². The molecule has 0 bridgehead atoms. The Morgan fingerprint density at radius 3 is 2.67 bits per heavy atom. The van der Waals surface area contributed by atoms with E-state index in [2.05, 4.69) is 5.32 Å². The first-order valence-corrected chi connectivity index (χ1v) is 9.93. The van der Waals surface area contributed by atoms with Gasteiger partial charge in [-0.25, -0.2) is 0 Å². The molecular formula is C20H23ClN2O3S. The quantitative estimate of drug-likeness (QED) is 0.720. The van der Waals surface area contributed by atoms with Crippen molar-refractivity contribution in [1.29, 1.82) is 0 Å². The van der Waals surface area contributed by atoms with E-state index < -0.39 is 0 Å². The van der Waals surface area contributed by atoms with Crippen molar-refractivity contribution < 1.29 is 14.3 Å². The number of nitrogens with one attached hydrogen (secondary N) is 1. The van der Waals surface area contributed by atoms with Crippen LogP contribution in [0, 0.1) is 6.92 Å². The summed E-state index contributed by atoms with van der Waals surface area (Å²) in [6.45, 7) is 2.35. The van der Waals surface area contributed by atoms with Crippen molar-refractivity contribution in [3.05, 3.63) is 58.6 Å². The van der Waals surface area contributed by atoms with E-state index in [9.17, 15) is 9.59 Å². The van der Waals surface area contributed by atoms with Crippen LogP contribution in [0.15, 0.2) is 42.5 Å². The Morgan fingerprint density at radius 2 is 1.96 bits per heavy atom. The number of anilines is 1. The van der Waals surface area contributed by atoms with Gasteiger partial charge in [0.15, 0.2) is 0 Å². The first kappa shape index (κ1) is 21.1. The monoisotopic (exact) mass is 406 g/mol. The topological polar surface area (TPSA) is 58.6 Å². The van der Waals surface area contributed by atoms with E-state index in [0.717, 1.165) is 16.8 Å². The molecule has 0 atom stereocenters. The van der Waals surface area contributed by atoms with Crippen LogP contribution in [-0.4, -0.2) is 42.4 Å². The summed E-state index contributed by atoms with van der Waals surface area (Å²) in [5.74, 6) is 0.932. The fourth-order valence-corrected chi connectivity index (χ4v) is 3.42.